The first kappa shape index (κ1) is 18.9. The molecule has 4 N–H and O–H groups in total. The summed E-state index contributed by atoms with van der Waals surface area (Å²) in [5, 5.41) is 9.59. The van der Waals surface area contributed by atoms with Gasteiger partial charge in [0.2, 0.25) is 5.91 Å². The lowest BCUT2D eigenvalue weighted by Crippen LogP contribution is -2.51. The molecule has 2 rings (SSSR count). The van der Waals surface area contributed by atoms with E-state index in [1.165, 1.54) is 11.3 Å². The number of nitrogens with one attached hydrogen (secondary N) is 2. The smallest absolute Gasteiger partial charge is 0.252 e. The van der Waals surface area contributed by atoms with Gasteiger partial charge in [0.05, 0.1) is 5.54 Å². The highest BCUT2D eigenvalue weighted by Gasteiger charge is 2.33. The van der Waals surface area contributed by atoms with Crippen molar-refractivity contribution in [1.29, 1.82) is 0 Å². The minimum Gasteiger partial charge on any atom is -0.352 e. The molecule has 124 valence electrons. The lowest BCUT2D eigenvalue weighted by atomic mass is 9.97. The predicted octanol–water partition coefficient (Wildman–Crippen LogP) is 2.07. The SMILES string of the molecule is Cl.NCC1(NC(=O)CCCNC(=O)c2ccsc2)CCCC1. The van der Waals surface area contributed by atoms with Gasteiger partial charge < -0.3 is 16.4 Å². The van der Waals surface area contributed by atoms with E-state index >= 15 is 0 Å². The molecule has 5 nitrogen and oxygen atoms in total. The van der Waals surface area contributed by atoms with E-state index in [1.807, 2.05) is 10.8 Å². The summed E-state index contributed by atoms with van der Waals surface area (Å²) >= 11 is 1.49. The molecule has 1 heterocycles. The molecule has 0 saturated heterocycles. The lowest BCUT2D eigenvalue weighted by molar-refractivity contribution is -0.123. The van der Waals surface area contributed by atoms with Gasteiger partial charge in [-0.15, -0.1) is 12.4 Å². The molecule has 0 aliphatic heterocycles. The van der Waals surface area contributed by atoms with Crippen molar-refractivity contribution in [3.8, 4) is 0 Å². The molecule has 22 heavy (non-hydrogen) atoms. The number of carbonyl (C=O) groups is 2. The Labute approximate surface area is 141 Å². The number of hydrogen-bond donors (Lipinski definition) is 3. The second-order valence-corrected chi connectivity index (χ2v) is 6.39. The zero-order valence-corrected chi connectivity index (χ0v) is 14.2. The molecule has 1 aliphatic carbocycles. The van der Waals surface area contributed by atoms with Crippen LogP contribution in [0, 0.1) is 0 Å². The summed E-state index contributed by atoms with van der Waals surface area (Å²) in [6, 6.07) is 1.79. The van der Waals surface area contributed by atoms with E-state index in [4.69, 9.17) is 5.73 Å². The molecule has 0 radical (unpaired) electrons. The number of hydrogen-bond acceptors (Lipinski definition) is 4. The first-order chi connectivity index (χ1) is 10.2. The number of rotatable bonds is 7. The molecule has 1 saturated carbocycles. The Balaban J connectivity index is 0.00000242. The Morgan fingerprint density at radius 1 is 1.32 bits per heavy atom. The van der Waals surface area contributed by atoms with Gasteiger partial charge in [0.1, 0.15) is 0 Å². The Bertz CT molecular complexity index is 473. The average Bonchev–Trinajstić information content (AvgIpc) is 3.15. The van der Waals surface area contributed by atoms with Crippen LogP contribution in [0.5, 0.6) is 0 Å². The number of thiophene rings is 1. The molecule has 0 atom stereocenters. The number of amides is 2. The van der Waals surface area contributed by atoms with E-state index in [0.717, 1.165) is 25.7 Å². The summed E-state index contributed by atoms with van der Waals surface area (Å²) in [5.41, 5.74) is 6.29. The van der Waals surface area contributed by atoms with Crippen molar-refractivity contribution in [3.05, 3.63) is 22.4 Å². The molecule has 1 fully saturated rings. The standard InChI is InChI=1S/C15H23N3O2S.ClH/c16-11-15(6-1-2-7-15)18-13(19)4-3-8-17-14(20)12-5-9-21-10-12;/h5,9-10H,1-4,6-8,11,16H2,(H,17,20)(H,18,19);1H. The molecular weight excluding hydrogens is 322 g/mol. The van der Waals surface area contributed by atoms with Crippen molar-refractivity contribution >= 4 is 35.6 Å². The predicted molar refractivity (Wildman–Crippen MR) is 91.5 cm³/mol. The Kier molecular flexibility index (Phi) is 7.85. The number of halogens is 1. The number of nitrogens with two attached hydrogens (primary N) is 1. The Morgan fingerprint density at radius 3 is 2.64 bits per heavy atom. The molecule has 7 heteroatoms. The van der Waals surface area contributed by atoms with E-state index in [2.05, 4.69) is 10.6 Å². The van der Waals surface area contributed by atoms with Crippen LogP contribution < -0.4 is 16.4 Å². The fourth-order valence-electron chi connectivity index (χ4n) is 2.74. The maximum atomic E-state index is 12.0. The molecule has 1 aliphatic rings. The van der Waals surface area contributed by atoms with Crippen molar-refractivity contribution in [3.63, 3.8) is 0 Å². The summed E-state index contributed by atoms with van der Waals surface area (Å²) in [5.74, 6) is -0.0435. The van der Waals surface area contributed by atoms with Crippen molar-refractivity contribution in [2.24, 2.45) is 5.73 Å². The van der Waals surface area contributed by atoms with Gasteiger partial charge in [-0.3, -0.25) is 9.59 Å². The molecule has 0 aromatic carbocycles. The first-order valence-electron chi connectivity index (χ1n) is 7.47. The molecule has 1 aromatic heterocycles. The third kappa shape index (κ3) is 5.26. The monoisotopic (exact) mass is 345 g/mol. The largest absolute Gasteiger partial charge is 0.352 e. The van der Waals surface area contributed by atoms with Crippen LogP contribution >= 0.6 is 23.7 Å². The summed E-state index contributed by atoms with van der Waals surface area (Å²) < 4.78 is 0. The average molecular weight is 346 g/mol. The topological polar surface area (TPSA) is 84.2 Å². The fraction of sp³-hybridized carbons (Fsp3) is 0.600. The van der Waals surface area contributed by atoms with Gasteiger partial charge in [-0.25, -0.2) is 0 Å². The highest BCUT2D eigenvalue weighted by Crippen LogP contribution is 2.28. The van der Waals surface area contributed by atoms with E-state index in [0.29, 0.717) is 31.5 Å². The maximum Gasteiger partial charge on any atom is 0.252 e. The third-order valence-electron chi connectivity index (χ3n) is 4.01. The Hall–Kier alpha value is -1.11. The summed E-state index contributed by atoms with van der Waals surface area (Å²) in [7, 11) is 0. The van der Waals surface area contributed by atoms with Crippen molar-refractivity contribution in [1.82, 2.24) is 10.6 Å². The Morgan fingerprint density at radius 2 is 2.05 bits per heavy atom. The normalized spacial score (nSPS) is 15.9. The highest BCUT2D eigenvalue weighted by molar-refractivity contribution is 7.08. The van der Waals surface area contributed by atoms with Crippen LogP contribution in [0.15, 0.2) is 16.8 Å². The zero-order chi connectivity index (χ0) is 15.1. The molecule has 2 amide bonds. The van der Waals surface area contributed by atoms with Crippen LogP contribution in [0.4, 0.5) is 0 Å². The van der Waals surface area contributed by atoms with Gasteiger partial charge in [-0.1, -0.05) is 12.8 Å². The van der Waals surface area contributed by atoms with Crippen LogP contribution in [0.25, 0.3) is 0 Å². The lowest BCUT2D eigenvalue weighted by Gasteiger charge is -2.28. The second-order valence-electron chi connectivity index (χ2n) is 5.61. The van der Waals surface area contributed by atoms with Gasteiger partial charge in [0, 0.05) is 30.5 Å². The van der Waals surface area contributed by atoms with Crippen LogP contribution in [-0.2, 0) is 4.79 Å². The van der Waals surface area contributed by atoms with Crippen LogP contribution in [0.3, 0.4) is 0 Å². The molecule has 0 spiro atoms. The van der Waals surface area contributed by atoms with E-state index < -0.39 is 0 Å². The molecular formula is C15H24ClN3O2S. The van der Waals surface area contributed by atoms with Crippen LogP contribution in [-0.4, -0.2) is 30.4 Å². The van der Waals surface area contributed by atoms with E-state index in [-0.39, 0.29) is 29.8 Å². The van der Waals surface area contributed by atoms with Crippen LogP contribution in [0.1, 0.15) is 48.9 Å². The number of carbonyl (C=O) groups excluding carboxylic acids is 2. The van der Waals surface area contributed by atoms with Gasteiger partial charge in [0.15, 0.2) is 0 Å². The molecule has 0 unspecified atom stereocenters. The molecule has 1 aromatic rings. The molecule has 0 bridgehead atoms. The fourth-order valence-corrected chi connectivity index (χ4v) is 3.37. The summed E-state index contributed by atoms with van der Waals surface area (Å²) in [6.45, 7) is 1.02. The van der Waals surface area contributed by atoms with Crippen molar-refractivity contribution in [2.75, 3.05) is 13.1 Å². The minimum atomic E-state index is -0.184. The quantitative estimate of drug-likeness (QED) is 0.661. The van der Waals surface area contributed by atoms with E-state index in [9.17, 15) is 9.59 Å². The summed E-state index contributed by atoms with van der Waals surface area (Å²) in [4.78, 5) is 23.7. The van der Waals surface area contributed by atoms with Gasteiger partial charge in [-0.2, -0.15) is 11.3 Å². The third-order valence-corrected chi connectivity index (χ3v) is 4.69. The summed E-state index contributed by atoms with van der Waals surface area (Å²) in [6.07, 6.45) is 5.28. The van der Waals surface area contributed by atoms with Crippen LogP contribution in [0.2, 0.25) is 0 Å². The minimum absolute atomic E-state index is 0. The maximum absolute atomic E-state index is 12.0. The van der Waals surface area contributed by atoms with Gasteiger partial charge >= 0.3 is 0 Å². The van der Waals surface area contributed by atoms with Crippen molar-refractivity contribution < 1.29 is 9.59 Å². The van der Waals surface area contributed by atoms with Gasteiger partial charge in [-0.05, 0) is 30.7 Å². The highest BCUT2D eigenvalue weighted by atomic mass is 35.5. The zero-order valence-electron chi connectivity index (χ0n) is 12.6. The first-order valence-corrected chi connectivity index (χ1v) is 8.41. The van der Waals surface area contributed by atoms with Gasteiger partial charge in [0.25, 0.3) is 5.91 Å². The van der Waals surface area contributed by atoms with E-state index in [1.54, 1.807) is 6.07 Å². The second kappa shape index (κ2) is 9.12. The van der Waals surface area contributed by atoms with Crippen molar-refractivity contribution in [2.45, 2.75) is 44.1 Å².